The molecule has 0 radical (unpaired) electrons. The Balaban J connectivity index is 0.000000239. The minimum atomic E-state index is -0.589. The van der Waals surface area contributed by atoms with Gasteiger partial charge in [-0.2, -0.15) is 0 Å². The number of carbonyl (C=O) groups excluding carboxylic acids is 2. The van der Waals surface area contributed by atoms with Crippen molar-refractivity contribution in [2.45, 2.75) is 11.9 Å². The normalized spacial score (nSPS) is 9.83. The second-order valence-corrected chi connectivity index (χ2v) is 8.71. The van der Waals surface area contributed by atoms with Crippen LogP contribution in [0.3, 0.4) is 0 Å². The maximum absolute atomic E-state index is 13.8. The predicted molar refractivity (Wildman–Crippen MR) is 153 cm³/mol. The van der Waals surface area contributed by atoms with Gasteiger partial charge in [0.2, 0.25) is 0 Å². The summed E-state index contributed by atoms with van der Waals surface area (Å²) in [6.45, 7) is 0.191. The van der Waals surface area contributed by atoms with Gasteiger partial charge in [-0.25, -0.2) is 27.2 Å². The topological polar surface area (TPSA) is 90.6 Å². The SMILES string of the molecule is COC(=O)c1ccc(CBr)c(F)c1.COC(=O)c1ccc(CNc2cccc(F)c2)c(F)c1.Nc1cccc(F)c1. The zero-order valence-electron chi connectivity index (χ0n) is 22.1. The van der Waals surface area contributed by atoms with Crippen LogP contribution < -0.4 is 11.1 Å². The van der Waals surface area contributed by atoms with Gasteiger partial charge in [0.25, 0.3) is 0 Å². The number of ether oxygens (including phenoxy) is 2. The Bertz CT molecular complexity index is 1450. The first-order chi connectivity index (χ1) is 19.6. The molecule has 4 aromatic carbocycles. The first-order valence-corrected chi connectivity index (χ1v) is 13.0. The van der Waals surface area contributed by atoms with Crippen molar-refractivity contribution in [3.8, 4) is 0 Å². The number of nitrogens with one attached hydrogen (secondary N) is 1. The second-order valence-electron chi connectivity index (χ2n) is 8.15. The number of alkyl halides is 1. The fourth-order valence-corrected chi connectivity index (χ4v) is 3.59. The van der Waals surface area contributed by atoms with E-state index in [4.69, 9.17) is 5.73 Å². The van der Waals surface area contributed by atoms with Gasteiger partial charge in [0.1, 0.15) is 23.3 Å². The largest absolute Gasteiger partial charge is 0.465 e. The molecule has 0 saturated heterocycles. The zero-order valence-corrected chi connectivity index (χ0v) is 23.7. The maximum Gasteiger partial charge on any atom is 0.337 e. The molecule has 0 bridgehead atoms. The third-order valence-electron chi connectivity index (χ3n) is 5.25. The van der Waals surface area contributed by atoms with E-state index in [1.807, 2.05) is 0 Å². The number of methoxy groups -OCH3 is 2. The molecular formula is C30H27BrF4N2O4. The summed E-state index contributed by atoms with van der Waals surface area (Å²) in [7, 11) is 2.50. The highest BCUT2D eigenvalue weighted by Crippen LogP contribution is 2.16. The molecule has 0 amide bonds. The number of esters is 2. The summed E-state index contributed by atoms with van der Waals surface area (Å²) in [6.07, 6.45) is 0. The minimum absolute atomic E-state index is 0.152. The van der Waals surface area contributed by atoms with Crippen LogP contribution in [0.25, 0.3) is 0 Å². The highest BCUT2D eigenvalue weighted by atomic mass is 79.9. The van der Waals surface area contributed by atoms with Gasteiger partial charge in [-0.3, -0.25) is 0 Å². The Morgan fingerprint density at radius 1 is 0.732 bits per heavy atom. The molecule has 6 nitrogen and oxygen atoms in total. The van der Waals surface area contributed by atoms with Crippen LogP contribution in [0, 0.1) is 23.3 Å². The monoisotopic (exact) mass is 634 g/mol. The Labute approximate surface area is 243 Å². The average molecular weight is 635 g/mol. The van der Waals surface area contributed by atoms with E-state index in [9.17, 15) is 27.2 Å². The van der Waals surface area contributed by atoms with Crippen molar-refractivity contribution in [3.63, 3.8) is 0 Å². The van der Waals surface area contributed by atoms with Crippen LogP contribution in [-0.2, 0) is 21.3 Å². The van der Waals surface area contributed by atoms with E-state index < -0.39 is 23.6 Å². The van der Waals surface area contributed by atoms with E-state index in [-0.39, 0.29) is 29.3 Å². The lowest BCUT2D eigenvalue weighted by Crippen LogP contribution is -2.06. The van der Waals surface area contributed by atoms with Crippen molar-refractivity contribution < 1.29 is 36.6 Å². The van der Waals surface area contributed by atoms with Crippen LogP contribution in [-0.4, -0.2) is 26.2 Å². The number of halogens is 5. The van der Waals surface area contributed by atoms with Crippen molar-refractivity contribution in [1.29, 1.82) is 0 Å². The average Bonchev–Trinajstić information content (AvgIpc) is 2.96. The van der Waals surface area contributed by atoms with Gasteiger partial charge in [-0.05, 0) is 66.2 Å². The molecule has 0 aromatic heterocycles. The molecule has 11 heteroatoms. The first-order valence-electron chi connectivity index (χ1n) is 11.9. The van der Waals surface area contributed by atoms with E-state index in [0.717, 1.165) is 6.07 Å². The molecule has 216 valence electrons. The molecule has 0 saturated carbocycles. The summed E-state index contributed by atoms with van der Waals surface area (Å²) >= 11 is 3.13. The van der Waals surface area contributed by atoms with Crippen LogP contribution in [0.5, 0.6) is 0 Å². The summed E-state index contributed by atoms with van der Waals surface area (Å²) in [5, 5.41) is 3.34. The molecule has 0 atom stereocenters. The standard InChI is InChI=1S/C15H13F2NO2.C9H8BrFO2.C6H6FN/c1-20-15(19)10-5-6-11(14(17)7-10)9-18-13-4-2-3-12(16)8-13;1-13-9(12)6-2-3-7(5-10)8(11)4-6;7-5-2-1-3-6(8)4-5/h2-8,18H,9H2,1H3;2-4H,5H2,1H3;1-4H,8H2. The van der Waals surface area contributed by atoms with Crippen molar-refractivity contribution in [2.75, 3.05) is 25.3 Å². The number of nitrogens with two attached hydrogens (primary N) is 1. The van der Waals surface area contributed by atoms with Gasteiger partial charge >= 0.3 is 11.9 Å². The Hall–Kier alpha value is -4.38. The van der Waals surface area contributed by atoms with Gasteiger partial charge in [-0.1, -0.05) is 40.2 Å². The van der Waals surface area contributed by atoms with Gasteiger partial charge in [0.05, 0.1) is 25.3 Å². The van der Waals surface area contributed by atoms with Gasteiger partial charge in [-0.15, -0.1) is 0 Å². The van der Waals surface area contributed by atoms with E-state index >= 15 is 0 Å². The number of anilines is 2. The molecule has 0 heterocycles. The Morgan fingerprint density at radius 3 is 1.66 bits per heavy atom. The number of nitrogen functional groups attached to an aromatic ring is 1. The first kappa shape index (κ1) is 32.8. The van der Waals surface area contributed by atoms with Gasteiger partial charge in [0.15, 0.2) is 0 Å². The third-order valence-corrected chi connectivity index (χ3v) is 5.85. The van der Waals surface area contributed by atoms with Crippen LogP contribution in [0.2, 0.25) is 0 Å². The van der Waals surface area contributed by atoms with Gasteiger partial charge in [0, 0.05) is 28.8 Å². The van der Waals surface area contributed by atoms with Crippen LogP contribution in [0.1, 0.15) is 31.8 Å². The van der Waals surface area contributed by atoms with Crippen molar-refractivity contribution >= 4 is 39.2 Å². The Kier molecular flexibility index (Phi) is 13.3. The molecule has 3 N–H and O–H groups in total. The predicted octanol–water partition coefficient (Wildman–Crippen LogP) is 7.28. The van der Waals surface area contributed by atoms with E-state index in [1.54, 1.807) is 30.3 Å². The molecule has 41 heavy (non-hydrogen) atoms. The molecule has 0 fully saturated rings. The Morgan fingerprint density at radius 2 is 1.24 bits per heavy atom. The molecular weight excluding hydrogens is 608 g/mol. The van der Waals surface area contributed by atoms with E-state index in [0.29, 0.717) is 27.8 Å². The van der Waals surface area contributed by atoms with E-state index in [1.165, 1.54) is 62.8 Å². The van der Waals surface area contributed by atoms with Crippen molar-refractivity contribution in [2.24, 2.45) is 0 Å². The van der Waals surface area contributed by atoms with Gasteiger partial charge < -0.3 is 20.5 Å². The lowest BCUT2D eigenvalue weighted by molar-refractivity contribution is 0.0591. The fourth-order valence-electron chi connectivity index (χ4n) is 3.14. The molecule has 0 aliphatic heterocycles. The summed E-state index contributed by atoms with van der Waals surface area (Å²) in [6, 6.07) is 20.1. The lowest BCUT2D eigenvalue weighted by Gasteiger charge is -2.08. The van der Waals surface area contributed by atoms with Crippen LogP contribution in [0.4, 0.5) is 28.9 Å². The molecule has 0 spiro atoms. The lowest BCUT2D eigenvalue weighted by atomic mass is 10.1. The highest BCUT2D eigenvalue weighted by molar-refractivity contribution is 9.08. The number of benzene rings is 4. The second kappa shape index (κ2) is 16.7. The summed E-state index contributed by atoms with van der Waals surface area (Å²) < 4.78 is 60.9. The minimum Gasteiger partial charge on any atom is -0.465 e. The molecule has 4 rings (SSSR count). The zero-order chi connectivity index (χ0) is 30.4. The number of hydrogen-bond donors (Lipinski definition) is 2. The maximum atomic E-state index is 13.8. The molecule has 4 aromatic rings. The fraction of sp³-hybridized carbons (Fsp3) is 0.133. The molecule has 0 aliphatic rings. The quantitative estimate of drug-likeness (QED) is 0.100. The van der Waals surface area contributed by atoms with E-state index in [2.05, 4.69) is 30.7 Å². The van der Waals surface area contributed by atoms with Crippen LogP contribution >= 0.6 is 15.9 Å². The summed E-state index contributed by atoms with van der Waals surface area (Å²) in [5.41, 5.74) is 7.52. The molecule has 0 aliphatic carbocycles. The third kappa shape index (κ3) is 11.0. The summed E-state index contributed by atoms with van der Waals surface area (Å²) in [5.74, 6) is -2.69. The smallest absolute Gasteiger partial charge is 0.337 e. The number of carbonyl (C=O) groups is 2. The number of rotatable bonds is 6. The number of hydrogen-bond acceptors (Lipinski definition) is 6. The van der Waals surface area contributed by atoms with Crippen molar-refractivity contribution in [3.05, 3.63) is 130 Å². The molecule has 0 unspecified atom stereocenters. The van der Waals surface area contributed by atoms with Crippen LogP contribution in [0.15, 0.2) is 84.9 Å². The highest BCUT2D eigenvalue weighted by Gasteiger charge is 2.10. The summed E-state index contributed by atoms with van der Waals surface area (Å²) in [4.78, 5) is 22.2. The van der Waals surface area contributed by atoms with Crippen molar-refractivity contribution in [1.82, 2.24) is 0 Å².